The number of carbonyl (C=O) groups is 3. The Labute approximate surface area is 223 Å². The topological polar surface area (TPSA) is 108 Å². The number of hydroxylamine groups is 1. The molecule has 5 atom stereocenters. The molecule has 0 spiro atoms. The molecule has 7 nitrogen and oxygen atoms in total. The van der Waals surface area contributed by atoms with Gasteiger partial charge in [-0.1, -0.05) is 63.9 Å². The van der Waals surface area contributed by atoms with E-state index < -0.39 is 29.1 Å². The fraction of sp³-hybridized carbons (Fsp3) is 0.700. The molecule has 1 aromatic carbocycles. The van der Waals surface area contributed by atoms with E-state index in [4.69, 9.17) is 15.3 Å². The minimum Gasteiger partial charge on any atom is -0.350 e. The third-order valence-electron chi connectivity index (χ3n) is 7.75. The highest BCUT2D eigenvalue weighted by molar-refractivity contribution is 6.01. The van der Waals surface area contributed by atoms with Crippen molar-refractivity contribution in [1.29, 1.82) is 0 Å². The highest BCUT2D eigenvalue weighted by Gasteiger charge is 2.48. The molecular formula is C30H48N2O5. The van der Waals surface area contributed by atoms with E-state index in [9.17, 15) is 14.4 Å². The molecule has 37 heavy (non-hydrogen) atoms. The number of ether oxygens (including phenoxy) is 1. The summed E-state index contributed by atoms with van der Waals surface area (Å²) in [7, 11) is 0. The zero-order valence-electron chi connectivity index (χ0n) is 23.3. The number of rotatable bonds is 17. The summed E-state index contributed by atoms with van der Waals surface area (Å²) < 4.78 is 5.63. The number of amides is 1. The summed E-state index contributed by atoms with van der Waals surface area (Å²) in [6, 6.07) is 9.45. The number of hydrogen-bond donors (Lipinski definition) is 2. The summed E-state index contributed by atoms with van der Waals surface area (Å²) in [5.41, 5.74) is 8.10. The Kier molecular flexibility index (Phi) is 12.9. The molecule has 1 aliphatic heterocycles. The summed E-state index contributed by atoms with van der Waals surface area (Å²) in [5, 5.41) is 0. The van der Waals surface area contributed by atoms with Gasteiger partial charge in [0.25, 0.3) is 0 Å². The smallest absolute Gasteiger partial charge is 0.247 e. The number of carbonyl (C=O) groups excluding carboxylic acids is 3. The van der Waals surface area contributed by atoms with Crippen LogP contribution in [0, 0.1) is 16.7 Å². The molecule has 1 saturated heterocycles. The summed E-state index contributed by atoms with van der Waals surface area (Å²) >= 11 is 0. The first-order chi connectivity index (χ1) is 17.7. The number of hydrogen-bond acceptors (Lipinski definition) is 6. The van der Waals surface area contributed by atoms with Crippen molar-refractivity contribution in [1.82, 2.24) is 5.48 Å². The van der Waals surface area contributed by atoms with Crippen molar-refractivity contribution >= 4 is 18.0 Å². The van der Waals surface area contributed by atoms with E-state index in [0.29, 0.717) is 32.3 Å². The monoisotopic (exact) mass is 516 g/mol. The molecule has 0 saturated carbocycles. The van der Waals surface area contributed by atoms with E-state index >= 15 is 0 Å². The van der Waals surface area contributed by atoms with E-state index in [2.05, 4.69) is 24.5 Å². The summed E-state index contributed by atoms with van der Waals surface area (Å²) in [6.07, 6.45) is 8.20. The van der Waals surface area contributed by atoms with Gasteiger partial charge in [-0.3, -0.25) is 9.59 Å². The molecule has 1 aliphatic rings. The predicted octanol–water partition coefficient (Wildman–Crippen LogP) is 5.30. The second-order valence-electron chi connectivity index (χ2n) is 11.1. The van der Waals surface area contributed by atoms with Gasteiger partial charge in [0.1, 0.15) is 6.29 Å². The summed E-state index contributed by atoms with van der Waals surface area (Å²) in [6.45, 7) is 8.33. The summed E-state index contributed by atoms with van der Waals surface area (Å²) in [4.78, 5) is 45.2. The molecule has 1 fully saturated rings. The zero-order chi connectivity index (χ0) is 27.3. The SMILES string of the molecule is CCCC(C=O)(C[C@](C)(CCC)[C@H](CCCc1ccccc1)C(=O)NOC1CCCCO1)C(=O)[C@@H](C)N. The Morgan fingerprint density at radius 3 is 2.46 bits per heavy atom. The third kappa shape index (κ3) is 9.01. The van der Waals surface area contributed by atoms with E-state index in [1.165, 1.54) is 5.56 Å². The molecule has 0 bridgehead atoms. The molecule has 1 amide bonds. The van der Waals surface area contributed by atoms with Gasteiger partial charge in [-0.25, -0.2) is 10.3 Å². The van der Waals surface area contributed by atoms with Crippen LogP contribution in [0.1, 0.15) is 97.5 Å². The van der Waals surface area contributed by atoms with Crippen molar-refractivity contribution < 1.29 is 24.0 Å². The maximum absolute atomic E-state index is 13.7. The second-order valence-corrected chi connectivity index (χ2v) is 11.1. The van der Waals surface area contributed by atoms with Gasteiger partial charge in [-0.2, -0.15) is 0 Å². The standard InChI is InChI=1S/C30H48N2O5/c1-5-18-29(4,21-30(22-33,19-6-2)27(34)23(3)31)25(16-12-15-24-13-8-7-9-14-24)28(35)32-37-26-17-10-11-20-36-26/h7-9,13-14,22-23,25-26H,5-6,10-12,15-21,31H2,1-4H3,(H,32,35)/t23-,25-,26?,29+,30?/m1/s1. The number of nitrogens with two attached hydrogens (primary N) is 1. The molecule has 3 N–H and O–H groups in total. The largest absolute Gasteiger partial charge is 0.350 e. The lowest BCUT2D eigenvalue weighted by molar-refractivity contribution is -0.204. The van der Waals surface area contributed by atoms with Crippen molar-refractivity contribution in [2.24, 2.45) is 22.5 Å². The van der Waals surface area contributed by atoms with E-state index in [0.717, 1.165) is 44.8 Å². The number of Topliss-reactive ketones (excluding diaryl/α,β-unsaturated/α-hetero) is 1. The first-order valence-corrected chi connectivity index (χ1v) is 14.1. The quantitative estimate of drug-likeness (QED) is 0.165. The van der Waals surface area contributed by atoms with E-state index in [-0.39, 0.29) is 18.1 Å². The van der Waals surface area contributed by atoms with Crippen LogP contribution in [0.15, 0.2) is 30.3 Å². The highest BCUT2D eigenvalue weighted by atomic mass is 16.8. The van der Waals surface area contributed by atoms with Crippen LogP contribution in [0.3, 0.4) is 0 Å². The van der Waals surface area contributed by atoms with E-state index in [1.807, 2.05) is 32.0 Å². The number of ketones is 1. The highest BCUT2D eigenvalue weighted by Crippen LogP contribution is 2.47. The normalized spacial score (nSPS) is 20.7. The van der Waals surface area contributed by atoms with Crippen LogP contribution in [0.25, 0.3) is 0 Å². The van der Waals surface area contributed by atoms with E-state index in [1.54, 1.807) is 6.92 Å². The molecule has 1 heterocycles. The Balaban J connectivity index is 2.33. The van der Waals surface area contributed by atoms with Crippen molar-refractivity contribution in [2.45, 2.75) is 111 Å². The maximum Gasteiger partial charge on any atom is 0.247 e. The minimum atomic E-state index is -1.21. The van der Waals surface area contributed by atoms with Gasteiger partial charge in [0.2, 0.25) is 5.91 Å². The van der Waals surface area contributed by atoms with Gasteiger partial charge in [0.05, 0.1) is 11.5 Å². The Morgan fingerprint density at radius 2 is 1.89 bits per heavy atom. The lowest BCUT2D eigenvalue weighted by Crippen LogP contribution is -2.50. The summed E-state index contributed by atoms with van der Waals surface area (Å²) in [5.74, 6) is -0.915. The van der Waals surface area contributed by atoms with Gasteiger partial charge < -0.3 is 15.3 Å². The molecule has 0 aliphatic carbocycles. The maximum atomic E-state index is 13.7. The van der Waals surface area contributed by atoms with Crippen LogP contribution in [0.5, 0.6) is 0 Å². The molecule has 0 aromatic heterocycles. The van der Waals surface area contributed by atoms with Crippen molar-refractivity contribution in [3.05, 3.63) is 35.9 Å². The minimum absolute atomic E-state index is 0.220. The van der Waals surface area contributed by atoms with Gasteiger partial charge in [0.15, 0.2) is 12.1 Å². The third-order valence-corrected chi connectivity index (χ3v) is 7.75. The molecule has 2 rings (SSSR count). The fourth-order valence-corrected chi connectivity index (χ4v) is 5.98. The number of aryl methyl sites for hydroxylation is 1. The Bertz CT molecular complexity index is 840. The fourth-order valence-electron chi connectivity index (χ4n) is 5.98. The van der Waals surface area contributed by atoms with Crippen molar-refractivity contribution in [3.63, 3.8) is 0 Å². The lowest BCUT2D eigenvalue weighted by Gasteiger charge is -2.43. The first-order valence-electron chi connectivity index (χ1n) is 14.1. The second kappa shape index (κ2) is 15.4. The zero-order valence-corrected chi connectivity index (χ0v) is 23.3. The number of nitrogens with one attached hydrogen (secondary N) is 1. The molecule has 1 aromatic rings. The Morgan fingerprint density at radius 1 is 1.19 bits per heavy atom. The van der Waals surface area contributed by atoms with Crippen molar-refractivity contribution in [3.8, 4) is 0 Å². The predicted molar refractivity (Wildman–Crippen MR) is 145 cm³/mol. The molecular weight excluding hydrogens is 468 g/mol. The Hall–Kier alpha value is -2.09. The van der Waals surface area contributed by atoms with Gasteiger partial charge in [0, 0.05) is 18.9 Å². The van der Waals surface area contributed by atoms with Gasteiger partial charge in [-0.05, 0) is 69.3 Å². The first kappa shape index (κ1) is 31.1. The molecule has 7 heteroatoms. The van der Waals surface area contributed by atoms with Crippen LogP contribution in [0.2, 0.25) is 0 Å². The van der Waals surface area contributed by atoms with Crippen LogP contribution in [-0.2, 0) is 30.4 Å². The average Bonchev–Trinajstić information content (AvgIpc) is 2.90. The lowest BCUT2D eigenvalue weighted by atomic mass is 9.60. The molecule has 208 valence electrons. The average molecular weight is 517 g/mol. The van der Waals surface area contributed by atoms with Gasteiger partial charge in [-0.15, -0.1) is 0 Å². The number of aldehydes is 1. The molecule has 0 radical (unpaired) electrons. The number of benzene rings is 1. The van der Waals surface area contributed by atoms with Gasteiger partial charge >= 0.3 is 0 Å². The van der Waals surface area contributed by atoms with Crippen LogP contribution in [-0.4, -0.2) is 36.9 Å². The molecule has 2 unspecified atom stereocenters. The van der Waals surface area contributed by atoms with Crippen molar-refractivity contribution in [2.75, 3.05) is 6.61 Å². The van der Waals surface area contributed by atoms with Crippen LogP contribution in [0.4, 0.5) is 0 Å². The van der Waals surface area contributed by atoms with Crippen LogP contribution < -0.4 is 11.2 Å². The van der Waals surface area contributed by atoms with Crippen LogP contribution >= 0.6 is 0 Å².